The van der Waals surface area contributed by atoms with E-state index in [1.54, 1.807) is 12.1 Å². The molecule has 2 rings (SSSR count). The number of rotatable bonds is 4. The molecule has 0 radical (unpaired) electrons. The Kier molecular flexibility index (Phi) is 4.09. The van der Waals surface area contributed by atoms with Crippen molar-refractivity contribution >= 4 is 15.9 Å². The summed E-state index contributed by atoms with van der Waals surface area (Å²) < 4.78 is 6.55. The Bertz CT molecular complexity index is 536. The Morgan fingerprint density at radius 2 is 2.11 bits per heavy atom. The van der Waals surface area contributed by atoms with Crippen molar-refractivity contribution in [1.29, 1.82) is 0 Å². The van der Waals surface area contributed by atoms with Crippen molar-refractivity contribution in [3.63, 3.8) is 0 Å². The average Bonchev–Trinajstić information content (AvgIpc) is 2.77. The molecule has 1 atom stereocenters. The van der Waals surface area contributed by atoms with E-state index in [4.69, 9.17) is 4.42 Å². The molecule has 0 saturated carbocycles. The maximum absolute atomic E-state index is 9.46. The highest BCUT2D eigenvalue weighted by Gasteiger charge is 2.10. The summed E-state index contributed by atoms with van der Waals surface area (Å²) in [6.07, 6.45) is 0. The van der Waals surface area contributed by atoms with E-state index >= 15 is 0 Å². The minimum Gasteiger partial charge on any atom is -0.508 e. The lowest BCUT2D eigenvalue weighted by Gasteiger charge is -2.12. The minimum absolute atomic E-state index is 0.132. The van der Waals surface area contributed by atoms with Gasteiger partial charge in [0.2, 0.25) is 0 Å². The molecule has 0 amide bonds. The summed E-state index contributed by atoms with van der Waals surface area (Å²) in [7, 11) is 0. The molecule has 0 aliphatic rings. The van der Waals surface area contributed by atoms with Crippen molar-refractivity contribution in [2.75, 3.05) is 0 Å². The van der Waals surface area contributed by atoms with Crippen molar-refractivity contribution < 1.29 is 9.52 Å². The second-order valence-corrected chi connectivity index (χ2v) is 5.18. The molecule has 18 heavy (non-hydrogen) atoms. The zero-order chi connectivity index (χ0) is 13.1. The van der Waals surface area contributed by atoms with Gasteiger partial charge in [0.1, 0.15) is 17.3 Å². The third-order valence-electron chi connectivity index (χ3n) is 2.82. The van der Waals surface area contributed by atoms with Crippen molar-refractivity contribution in [2.45, 2.75) is 26.4 Å². The second-order valence-electron chi connectivity index (χ2n) is 4.33. The zero-order valence-electron chi connectivity index (χ0n) is 10.4. The highest BCUT2D eigenvalue weighted by atomic mass is 79.9. The van der Waals surface area contributed by atoms with Gasteiger partial charge in [-0.25, -0.2) is 0 Å². The lowest BCUT2D eigenvalue weighted by Crippen LogP contribution is -2.17. The fraction of sp³-hybridized carbons (Fsp3) is 0.286. The molecule has 96 valence electrons. The summed E-state index contributed by atoms with van der Waals surface area (Å²) in [5.74, 6) is 2.11. The first-order chi connectivity index (χ1) is 8.56. The van der Waals surface area contributed by atoms with Crippen LogP contribution in [-0.2, 0) is 6.54 Å². The SMILES string of the molecule is Cc1ccc([C@H](C)NCc2cc(O)ccc2Br)o1. The number of aromatic hydroxyl groups is 1. The number of hydrogen-bond acceptors (Lipinski definition) is 3. The smallest absolute Gasteiger partial charge is 0.120 e. The number of phenolic OH excluding ortho intramolecular Hbond substituents is 1. The van der Waals surface area contributed by atoms with Gasteiger partial charge in [-0.05, 0) is 49.7 Å². The molecule has 1 heterocycles. The first-order valence-electron chi connectivity index (χ1n) is 5.83. The normalized spacial score (nSPS) is 12.6. The van der Waals surface area contributed by atoms with Crippen molar-refractivity contribution in [2.24, 2.45) is 0 Å². The van der Waals surface area contributed by atoms with E-state index in [-0.39, 0.29) is 11.8 Å². The third-order valence-corrected chi connectivity index (χ3v) is 3.59. The van der Waals surface area contributed by atoms with E-state index in [0.29, 0.717) is 6.54 Å². The number of benzene rings is 1. The predicted octanol–water partition coefficient (Wildman–Crippen LogP) is 3.91. The van der Waals surface area contributed by atoms with Crippen LogP contribution in [0.15, 0.2) is 39.2 Å². The monoisotopic (exact) mass is 309 g/mol. The van der Waals surface area contributed by atoms with E-state index in [9.17, 15) is 5.11 Å². The summed E-state index contributed by atoms with van der Waals surface area (Å²) in [5, 5.41) is 12.8. The number of aryl methyl sites for hydroxylation is 1. The first-order valence-corrected chi connectivity index (χ1v) is 6.62. The Hall–Kier alpha value is -1.26. The van der Waals surface area contributed by atoms with Gasteiger partial charge in [-0.15, -0.1) is 0 Å². The molecular formula is C14H16BrNO2. The number of phenols is 1. The van der Waals surface area contributed by atoms with Gasteiger partial charge >= 0.3 is 0 Å². The minimum atomic E-state index is 0.132. The fourth-order valence-electron chi connectivity index (χ4n) is 1.75. The molecule has 2 N–H and O–H groups in total. The predicted molar refractivity (Wildman–Crippen MR) is 74.5 cm³/mol. The molecule has 0 unspecified atom stereocenters. The van der Waals surface area contributed by atoms with Crippen LogP contribution in [-0.4, -0.2) is 5.11 Å². The second kappa shape index (κ2) is 5.59. The van der Waals surface area contributed by atoms with Gasteiger partial charge < -0.3 is 14.8 Å². The van der Waals surface area contributed by atoms with Crippen LogP contribution in [0.5, 0.6) is 5.75 Å². The number of halogens is 1. The molecule has 0 aliphatic carbocycles. The van der Waals surface area contributed by atoms with Crippen molar-refractivity contribution in [3.8, 4) is 5.75 Å². The van der Waals surface area contributed by atoms with Crippen LogP contribution < -0.4 is 5.32 Å². The average molecular weight is 310 g/mol. The van der Waals surface area contributed by atoms with Gasteiger partial charge in [-0.3, -0.25) is 0 Å². The molecule has 4 heteroatoms. The van der Waals surface area contributed by atoms with Crippen molar-refractivity contribution in [3.05, 3.63) is 51.9 Å². The molecule has 0 aliphatic heterocycles. The zero-order valence-corrected chi connectivity index (χ0v) is 12.0. The van der Waals surface area contributed by atoms with Crippen LogP contribution in [0.4, 0.5) is 0 Å². The molecule has 0 fully saturated rings. The van der Waals surface area contributed by atoms with Gasteiger partial charge in [0, 0.05) is 11.0 Å². The Morgan fingerprint density at radius 1 is 1.33 bits per heavy atom. The topological polar surface area (TPSA) is 45.4 Å². The molecule has 0 bridgehead atoms. The summed E-state index contributed by atoms with van der Waals surface area (Å²) in [5.41, 5.74) is 1.02. The van der Waals surface area contributed by atoms with Crippen LogP contribution in [0.2, 0.25) is 0 Å². The maximum atomic E-state index is 9.46. The molecule has 0 saturated heterocycles. The molecule has 2 aromatic rings. The van der Waals surface area contributed by atoms with Gasteiger partial charge in [0.15, 0.2) is 0 Å². The lowest BCUT2D eigenvalue weighted by atomic mass is 10.2. The molecule has 1 aromatic heterocycles. The standard InChI is InChI=1S/C14H16BrNO2/c1-9-3-6-14(18-9)10(2)16-8-11-7-12(17)4-5-13(11)15/h3-7,10,16-17H,8H2,1-2H3/t10-/m0/s1. The Labute approximate surface area is 115 Å². The van der Waals surface area contributed by atoms with E-state index in [1.807, 2.05) is 25.1 Å². The fourth-order valence-corrected chi connectivity index (χ4v) is 2.13. The lowest BCUT2D eigenvalue weighted by molar-refractivity contribution is 0.415. The first kappa shape index (κ1) is 13.2. The van der Waals surface area contributed by atoms with E-state index < -0.39 is 0 Å². The molecule has 0 spiro atoms. The highest BCUT2D eigenvalue weighted by Crippen LogP contribution is 2.23. The largest absolute Gasteiger partial charge is 0.508 e. The maximum Gasteiger partial charge on any atom is 0.120 e. The van der Waals surface area contributed by atoms with Gasteiger partial charge in [-0.1, -0.05) is 15.9 Å². The number of nitrogens with one attached hydrogen (secondary N) is 1. The Balaban J connectivity index is 2.01. The van der Waals surface area contributed by atoms with Crippen LogP contribution in [0.25, 0.3) is 0 Å². The summed E-state index contributed by atoms with van der Waals surface area (Å²) in [6, 6.07) is 9.31. The molecule has 1 aromatic carbocycles. The summed E-state index contributed by atoms with van der Waals surface area (Å²) >= 11 is 3.47. The highest BCUT2D eigenvalue weighted by molar-refractivity contribution is 9.10. The quantitative estimate of drug-likeness (QED) is 0.900. The van der Waals surface area contributed by atoms with E-state index in [0.717, 1.165) is 21.6 Å². The molecule has 3 nitrogen and oxygen atoms in total. The summed E-state index contributed by atoms with van der Waals surface area (Å²) in [4.78, 5) is 0. The van der Waals surface area contributed by atoms with E-state index in [1.165, 1.54) is 0 Å². The van der Waals surface area contributed by atoms with Crippen LogP contribution in [0.3, 0.4) is 0 Å². The summed E-state index contributed by atoms with van der Waals surface area (Å²) in [6.45, 7) is 4.65. The van der Waals surface area contributed by atoms with E-state index in [2.05, 4.69) is 28.2 Å². The van der Waals surface area contributed by atoms with Crippen molar-refractivity contribution in [1.82, 2.24) is 5.32 Å². The van der Waals surface area contributed by atoms with Crippen LogP contribution >= 0.6 is 15.9 Å². The van der Waals surface area contributed by atoms with Gasteiger partial charge in [0.25, 0.3) is 0 Å². The van der Waals surface area contributed by atoms with Gasteiger partial charge in [-0.2, -0.15) is 0 Å². The van der Waals surface area contributed by atoms with Crippen LogP contribution in [0, 0.1) is 6.92 Å². The number of furan rings is 1. The number of hydrogen-bond donors (Lipinski definition) is 2. The van der Waals surface area contributed by atoms with Crippen LogP contribution in [0.1, 0.15) is 30.0 Å². The third kappa shape index (κ3) is 3.15. The molecular weight excluding hydrogens is 294 g/mol. The Morgan fingerprint density at radius 3 is 2.78 bits per heavy atom. The van der Waals surface area contributed by atoms with Gasteiger partial charge in [0.05, 0.1) is 6.04 Å².